The second-order valence-corrected chi connectivity index (χ2v) is 4.59. The summed E-state index contributed by atoms with van der Waals surface area (Å²) in [7, 11) is 0. The Bertz CT molecular complexity index is 638. The average molecular weight is 254 g/mol. The molecule has 0 unspecified atom stereocenters. The molecule has 4 nitrogen and oxygen atoms in total. The minimum atomic E-state index is -0.166. The van der Waals surface area contributed by atoms with E-state index < -0.39 is 0 Å². The fraction of sp³-hybridized carbons (Fsp3) is 0.133. The maximum absolute atomic E-state index is 12.1. The molecule has 96 valence electrons. The third-order valence-corrected chi connectivity index (χ3v) is 3.20. The Balaban J connectivity index is 1.81. The molecule has 1 heterocycles. The van der Waals surface area contributed by atoms with Crippen molar-refractivity contribution < 1.29 is 9.90 Å². The van der Waals surface area contributed by atoms with Crippen LogP contribution < -0.4 is 10.6 Å². The molecule has 3 rings (SSSR count). The molecule has 1 aliphatic rings. The molecule has 0 aliphatic carbocycles. The van der Waals surface area contributed by atoms with Crippen LogP contribution in [0, 0.1) is 0 Å². The molecular weight excluding hydrogens is 240 g/mol. The monoisotopic (exact) mass is 254 g/mol. The molecule has 0 fully saturated rings. The first-order valence-corrected chi connectivity index (χ1v) is 6.15. The topological polar surface area (TPSA) is 61.4 Å². The number of benzene rings is 2. The number of aromatic hydroxyl groups is 1. The number of phenols is 1. The second kappa shape index (κ2) is 4.74. The lowest BCUT2D eigenvalue weighted by molar-refractivity contribution is 0.102. The smallest absolute Gasteiger partial charge is 0.255 e. The Labute approximate surface area is 111 Å². The van der Waals surface area contributed by atoms with Gasteiger partial charge in [0.05, 0.1) is 0 Å². The summed E-state index contributed by atoms with van der Waals surface area (Å²) in [6, 6.07) is 12.2. The molecular formula is C15H14N2O2. The summed E-state index contributed by atoms with van der Waals surface area (Å²) in [6.45, 7) is 1.67. The van der Waals surface area contributed by atoms with E-state index in [0.717, 1.165) is 13.1 Å². The quantitative estimate of drug-likeness (QED) is 0.770. The highest BCUT2D eigenvalue weighted by molar-refractivity contribution is 6.04. The molecule has 0 radical (unpaired) electrons. The van der Waals surface area contributed by atoms with Gasteiger partial charge in [-0.3, -0.25) is 4.79 Å². The molecule has 4 heteroatoms. The number of rotatable bonds is 2. The van der Waals surface area contributed by atoms with Crippen molar-refractivity contribution >= 4 is 11.6 Å². The summed E-state index contributed by atoms with van der Waals surface area (Å²) in [5.74, 6) is -0.0312. The fourth-order valence-corrected chi connectivity index (χ4v) is 2.22. The van der Waals surface area contributed by atoms with Gasteiger partial charge in [0.1, 0.15) is 5.75 Å². The van der Waals surface area contributed by atoms with Gasteiger partial charge in [0.25, 0.3) is 5.91 Å². The lowest BCUT2D eigenvalue weighted by Crippen LogP contribution is -2.12. The second-order valence-electron chi connectivity index (χ2n) is 4.59. The molecule has 0 atom stereocenters. The number of phenolic OH excluding ortho intramolecular Hbond substituents is 1. The largest absolute Gasteiger partial charge is 0.508 e. The Kier molecular flexibility index (Phi) is 2.93. The number of hydrogen-bond acceptors (Lipinski definition) is 3. The fourth-order valence-electron chi connectivity index (χ4n) is 2.22. The Morgan fingerprint density at radius 2 is 1.95 bits per heavy atom. The van der Waals surface area contributed by atoms with Crippen LogP contribution in [-0.4, -0.2) is 11.0 Å². The predicted octanol–water partition coefficient (Wildman–Crippen LogP) is 2.25. The number of carbonyl (C=O) groups excluding carboxylic acids is 1. The van der Waals surface area contributed by atoms with Gasteiger partial charge in [0, 0.05) is 30.4 Å². The van der Waals surface area contributed by atoms with Gasteiger partial charge in [-0.25, -0.2) is 0 Å². The number of fused-ring (bicyclic) bond motifs is 1. The Morgan fingerprint density at radius 3 is 2.79 bits per heavy atom. The number of carbonyl (C=O) groups is 1. The first-order valence-electron chi connectivity index (χ1n) is 6.15. The molecule has 2 aromatic rings. The van der Waals surface area contributed by atoms with Crippen LogP contribution in [0.25, 0.3) is 0 Å². The van der Waals surface area contributed by atoms with Crippen molar-refractivity contribution in [3.8, 4) is 5.75 Å². The number of hydrogen-bond donors (Lipinski definition) is 3. The summed E-state index contributed by atoms with van der Waals surface area (Å²) >= 11 is 0. The van der Waals surface area contributed by atoms with Crippen molar-refractivity contribution in [2.45, 2.75) is 13.1 Å². The molecule has 0 aromatic heterocycles. The van der Waals surface area contributed by atoms with E-state index in [-0.39, 0.29) is 11.7 Å². The number of nitrogens with one attached hydrogen (secondary N) is 2. The third kappa shape index (κ3) is 2.44. The molecule has 0 spiro atoms. The van der Waals surface area contributed by atoms with Crippen molar-refractivity contribution in [3.05, 3.63) is 59.2 Å². The van der Waals surface area contributed by atoms with E-state index in [1.807, 2.05) is 18.2 Å². The van der Waals surface area contributed by atoms with Crippen LogP contribution in [0.1, 0.15) is 21.5 Å². The van der Waals surface area contributed by atoms with Crippen molar-refractivity contribution in [1.82, 2.24) is 5.32 Å². The lowest BCUT2D eigenvalue weighted by atomic mass is 10.1. The Hall–Kier alpha value is -2.33. The molecule has 0 saturated heterocycles. The third-order valence-electron chi connectivity index (χ3n) is 3.20. The molecule has 1 aliphatic heterocycles. The van der Waals surface area contributed by atoms with Gasteiger partial charge in [-0.1, -0.05) is 12.1 Å². The predicted molar refractivity (Wildman–Crippen MR) is 73.0 cm³/mol. The minimum Gasteiger partial charge on any atom is -0.508 e. The van der Waals surface area contributed by atoms with Crippen LogP contribution in [0.2, 0.25) is 0 Å². The standard InChI is InChI=1S/C15H14N2O2/c18-14-3-1-2-13(7-14)17-15(19)10-4-5-11-8-16-9-12(11)6-10/h1-7,16,18H,8-9H2,(H,17,19). The van der Waals surface area contributed by atoms with Crippen LogP contribution in [-0.2, 0) is 13.1 Å². The summed E-state index contributed by atoms with van der Waals surface area (Å²) in [4.78, 5) is 12.1. The van der Waals surface area contributed by atoms with Crippen LogP contribution in [0.5, 0.6) is 5.75 Å². The molecule has 0 saturated carbocycles. The van der Waals surface area contributed by atoms with E-state index in [1.54, 1.807) is 18.2 Å². The van der Waals surface area contributed by atoms with E-state index in [0.29, 0.717) is 11.3 Å². The minimum absolute atomic E-state index is 0.135. The summed E-state index contributed by atoms with van der Waals surface area (Å²) in [6.07, 6.45) is 0. The maximum atomic E-state index is 12.1. The molecule has 0 bridgehead atoms. The highest BCUT2D eigenvalue weighted by atomic mass is 16.3. The SMILES string of the molecule is O=C(Nc1cccc(O)c1)c1ccc2c(c1)CNC2. The molecule has 19 heavy (non-hydrogen) atoms. The van der Waals surface area contributed by atoms with Gasteiger partial charge >= 0.3 is 0 Å². The summed E-state index contributed by atoms with van der Waals surface area (Å²) in [5, 5.41) is 15.4. The molecule has 1 amide bonds. The van der Waals surface area contributed by atoms with E-state index >= 15 is 0 Å². The van der Waals surface area contributed by atoms with Gasteiger partial charge in [0.2, 0.25) is 0 Å². The Morgan fingerprint density at radius 1 is 1.11 bits per heavy atom. The van der Waals surface area contributed by atoms with Crippen molar-refractivity contribution in [2.24, 2.45) is 0 Å². The van der Waals surface area contributed by atoms with Gasteiger partial charge in [0.15, 0.2) is 0 Å². The van der Waals surface area contributed by atoms with E-state index in [1.165, 1.54) is 17.2 Å². The van der Waals surface area contributed by atoms with Crippen molar-refractivity contribution in [1.29, 1.82) is 0 Å². The highest BCUT2D eigenvalue weighted by Crippen LogP contribution is 2.19. The van der Waals surface area contributed by atoms with Crippen molar-refractivity contribution in [2.75, 3.05) is 5.32 Å². The van der Waals surface area contributed by atoms with Crippen LogP contribution in [0.15, 0.2) is 42.5 Å². The van der Waals surface area contributed by atoms with Gasteiger partial charge in [-0.15, -0.1) is 0 Å². The van der Waals surface area contributed by atoms with E-state index in [2.05, 4.69) is 10.6 Å². The van der Waals surface area contributed by atoms with Gasteiger partial charge in [-0.2, -0.15) is 0 Å². The van der Waals surface area contributed by atoms with E-state index in [9.17, 15) is 9.90 Å². The van der Waals surface area contributed by atoms with Gasteiger partial charge < -0.3 is 15.7 Å². The first-order chi connectivity index (χ1) is 9.22. The normalized spacial score (nSPS) is 13.1. The molecule has 3 N–H and O–H groups in total. The van der Waals surface area contributed by atoms with E-state index in [4.69, 9.17) is 0 Å². The summed E-state index contributed by atoms with van der Waals surface area (Å²) in [5.41, 5.74) is 3.63. The zero-order valence-corrected chi connectivity index (χ0v) is 10.3. The maximum Gasteiger partial charge on any atom is 0.255 e. The first kappa shape index (κ1) is 11.7. The highest BCUT2D eigenvalue weighted by Gasteiger charge is 2.13. The summed E-state index contributed by atoms with van der Waals surface area (Å²) < 4.78 is 0. The number of amides is 1. The number of anilines is 1. The van der Waals surface area contributed by atoms with Crippen LogP contribution in [0.4, 0.5) is 5.69 Å². The van der Waals surface area contributed by atoms with Crippen LogP contribution in [0.3, 0.4) is 0 Å². The van der Waals surface area contributed by atoms with Crippen LogP contribution >= 0.6 is 0 Å². The lowest BCUT2D eigenvalue weighted by Gasteiger charge is -2.07. The zero-order valence-electron chi connectivity index (χ0n) is 10.3. The van der Waals surface area contributed by atoms with Gasteiger partial charge in [-0.05, 0) is 35.4 Å². The zero-order chi connectivity index (χ0) is 13.2. The average Bonchev–Trinajstić information content (AvgIpc) is 2.85. The van der Waals surface area contributed by atoms with Crippen molar-refractivity contribution in [3.63, 3.8) is 0 Å². The molecule has 2 aromatic carbocycles.